The summed E-state index contributed by atoms with van der Waals surface area (Å²) in [6.45, 7) is -0.791. The fourth-order valence-electron chi connectivity index (χ4n) is 1.13. The Bertz CT molecular complexity index is 524. The second-order valence-corrected chi connectivity index (χ2v) is 5.30. The molecule has 1 rings (SSSR count). The van der Waals surface area contributed by atoms with Gasteiger partial charge in [0.05, 0.1) is 4.90 Å². The van der Waals surface area contributed by atoms with Gasteiger partial charge in [-0.05, 0) is 12.1 Å². The monoisotopic (exact) mass is 265 g/mol. The molecule has 0 aliphatic heterocycles. The maximum atomic E-state index is 12.8. The Morgan fingerprint density at radius 3 is 2.18 bits per heavy atom. The van der Waals surface area contributed by atoms with Crippen LogP contribution >= 0.6 is 0 Å². The lowest BCUT2D eigenvalue weighted by Crippen LogP contribution is -2.32. The van der Waals surface area contributed by atoms with Gasteiger partial charge in [-0.2, -0.15) is 4.31 Å². The zero-order valence-electron chi connectivity index (χ0n) is 8.72. The minimum Gasteiger partial charge on any atom is -0.480 e. The van der Waals surface area contributed by atoms with Gasteiger partial charge in [0.1, 0.15) is 18.2 Å². The molecule has 1 N–H and O–H groups in total. The number of benzene rings is 1. The molecule has 94 valence electrons. The van der Waals surface area contributed by atoms with E-state index < -0.39 is 39.1 Å². The van der Waals surface area contributed by atoms with Crippen molar-refractivity contribution in [1.29, 1.82) is 0 Å². The fourth-order valence-corrected chi connectivity index (χ4v) is 2.30. The Hall–Kier alpha value is -1.54. The van der Waals surface area contributed by atoms with Crippen LogP contribution in [0.2, 0.25) is 0 Å². The number of carboxylic acid groups (broad SMARTS) is 1. The third-order valence-electron chi connectivity index (χ3n) is 1.90. The molecule has 0 saturated heterocycles. The molecule has 0 fully saturated rings. The Balaban J connectivity index is 3.17. The first-order valence-corrected chi connectivity index (χ1v) is 5.81. The highest BCUT2D eigenvalue weighted by Crippen LogP contribution is 2.17. The van der Waals surface area contributed by atoms with E-state index in [0.717, 1.165) is 7.05 Å². The van der Waals surface area contributed by atoms with E-state index in [0.29, 0.717) is 22.5 Å². The number of hydrogen-bond donors (Lipinski definition) is 1. The van der Waals surface area contributed by atoms with E-state index in [9.17, 15) is 22.0 Å². The van der Waals surface area contributed by atoms with Crippen LogP contribution in [0, 0.1) is 11.6 Å². The van der Waals surface area contributed by atoms with Crippen LogP contribution < -0.4 is 0 Å². The van der Waals surface area contributed by atoms with Crippen molar-refractivity contribution >= 4 is 16.0 Å². The van der Waals surface area contributed by atoms with Gasteiger partial charge < -0.3 is 5.11 Å². The number of carboxylic acids is 1. The fraction of sp³-hybridized carbons (Fsp3) is 0.222. The number of halogens is 2. The molecule has 0 atom stereocenters. The van der Waals surface area contributed by atoms with Crippen LogP contribution in [0.1, 0.15) is 0 Å². The first-order chi connectivity index (χ1) is 7.73. The summed E-state index contributed by atoms with van der Waals surface area (Å²) in [5.41, 5.74) is 0. The summed E-state index contributed by atoms with van der Waals surface area (Å²) in [7, 11) is -3.20. The van der Waals surface area contributed by atoms with Gasteiger partial charge in [-0.25, -0.2) is 17.2 Å². The van der Waals surface area contributed by atoms with Gasteiger partial charge in [0.25, 0.3) is 0 Å². The van der Waals surface area contributed by atoms with Gasteiger partial charge in [-0.3, -0.25) is 4.79 Å². The summed E-state index contributed by atoms with van der Waals surface area (Å²) >= 11 is 0. The number of carbonyl (C=O) groups is 1. The Kier molecular flexibility index (Phi) is 3.79. The first kappa shape index (κ1) is 13.5. The summed E-state index contributed by atoms with van der Waals surface area (Å²) in [5.74, 6) is -3.47. The lowest BCUT2D eigenvalue weighted by Gasteiger charge is -2.14. The van der Waals surface area contributed by atoms with Crippen molar-refractivity contribution in [3.05, 3.63) is 29.8 Å². The van der Waals surface area contributed by atoms with Crippen molar-refractivity contribution in [3.63, 3.8) is 0 Å². The van der Waals surface area contributed by atoms with Crippen LogP contribution in [0.25, 0.3) is 0 Å². The number of likely N-dealkylation sites (N-methyl/N-ethyl adjacent to an activating group) is 1. The molecule has 0 aliphatic carbocycles. The minimum atomic E-state index is -4.21. The minimum absolute atomic E-state index is 0.490. The van der Waals surface area contributed by atoms with Gasteiger partial charge in [-0.15, -0.1) is 0 Å². The SMILES string of the molecule is CN(CC(=O)O)S(=O)(=O)c1cc(F)cc(F)c1. The molecule has 0 aromatic heterocycles. The number of sulfonamides is 1. The maximum Gasteiger partial charge on any atom is 0.318 e. The Labute approximate surface area is 96.3 Å². The summed E-state index contributed by atoms with van der Waals surface area (Å²) in [6, 6.07) is 1.77. The largest absolute Gasteiger partial charge is 0.480 e. The first-order valence-electron chi connectivity index (χ1n) is 4.37. The van der Waals surface area contributed by atoms with Gasteiger partial charge in [-0.1, -0.05) is 0 Å². The van der Waals surface area contributed by atoms with Crippen LogP contribution in [0.5, 0.6) is 0 Å². The molecular weight excluding hydrogens is 256 g/mol. The molecule has 0 unspecified atom stereocenters. The molecule has 0 bridgehead atoms. The van der Waals surface area contributed by atoms with Gasteiger partial charge in [0.2, 0.25) is 10.0 Å². The normalized spacial score (nSPS) is 11.8. The van der Waals surface area contributed by atoms with E-state index in [1.54, 1.807) is 0 Å². The summed E-state index contributed by atoms with van der Waals surface area (Å²) in [5, 5.41) is 8.45. The van der Waals surface area contributed by atoms with Crippen molar-refractivity contribution in [2.75, 3.05) is 13.6 Å². The second kappa shape index (κ2) is 4.76. The van der Waals surface area contributed by atoms with Crippen LogP contribution in [-0.4, -0.2) is 37.4 Å². The van der Waals surface area contributed by atoms with Crippen molar-refractivity contribution in [1.82, 2.24) is 4.31 Å². The molecule has 0 spiro atoms. The third-order valence-corrected chi connectivity index (χ3v) is 3.68. The predicted octanol–water partition coefficient (Wildman–Crippen LogP) is 0.670. The lowest BCUT2D eigenvalue weighted by atomic mass is 10.3. The van der Waals surface area contributed by atoms with E-state index in [-0.39, 0.29) is 0 Å². The van der Waals surface area contributed by atoms with Gasteiger partial charge in [0, 0.05) is 13.1 Å². The molecule has 5 nitrogen and oxygen atoms in total. The summed E-state index contributed by atoms with van der Waals surface area (Å²) in [6.07, 6.45) is 0. The lowest BCUT2D eigenvalue weighted by molar-refractivity contribution is -0.137. The van der Waals surface area contributed by atoms with Crippen LogP contribution in [0.4, 0.5) is 8.78 Å². The molecule has 0 amide bonds. The molecule has 1 aromatic carbocycles. The van der Waals surface area contributed by atoms with Crippen molar-refractivity contribution < 1.29 is 27.1 Å². The van der Waals surface area contributed by atoms with Crippen molar-refractivity contribution in [2.24, 2.45) is 0 Å². The smallest absolute Gasteiger partial charge is 0.318 e. The third kappa shape index (κ3) is 3.21. The van der Waals surface area contributed by atoms with Crippen molar-refractivity contribution in [2.45, 2.75) is 4.90 Å². The van der Waals surface area contributed by atoms with Crippen LogP contribution in [0.3, 0.4) is 0 Å². The highest BCUT2D eigenvalue weighted by Gasteiger charge is 2.23. The highest BCUT2D eigenvalue weighted by atomic mass is 32.2. The molecule has 0 radical (unpaired) electrons. The number of nitrogens with zero attached hydrogens (tertiary/aromatic N) is 1. The van der Waals surface area contributed by atoms with E-state index in [1.807, 2.05) is 0 Å². The maximum absolute atomic E-state index is 12.8. The van der Waals surface area contributed by atoms with Gasteiger partial charge in [0.15, 0.2) is 0 Å². The molecular formula is C9H9F2NO4S. The van der Waals surface area contributed by atoms with E-state index in [2.05, 4.69) is 0 Å². The van der Waals surface area contributed by atoms with Crippen LogP contribution in [0.15, 0.2) is 23.1 Å². The molecule has 0 heterocycles. The topological polar surface area (TPSA) is 74.7 Å². The molecule has 8 heteroatoms. The average Bonchev–Trinajstić information content (AvgIpc) is 2.14. The van der Waals surface area contributed by atoms with Crippen molar-refractivity contribution in [3.8, 4) is 0 Å². The number of aliphatic carboxylic acids is 1. The van der Waals surface area contributed by atoms with E-state index in [1.165, 1.54) is 0 Å². The molecule has 0 saturated carbocycles. The van der Waals surface area contributed by atoms with Gasteiger partial charge >= 0.3 is 5.97 Å². The average molecular weight is 265 g/mol. The predicted molar refractivity (Wildman–Crippen MR) is 53.8 cm³/mol. The Morgan fingerprint density at radius 2 is 1.76 bits per heavy atom. The highest BCUT2D eigenvalue weighted by molar-refractivity contribution is 7.89. The quantitative estimate of drug-likeness (QED) is 0.868. The summed E-state index contributed by atoms with van der Waals surface area (Å²) < 4.78 is 49.6. The Morgan fingerprint density at radius 1 is 1.29 bits per heavy atom. The number of rotatable bonds is 4. The molecule has 0 aliphatic rings. The summed E-state index contributed by atoms with van der Waals surface area (Å²) in [4.78, 5) is 9.74. The van der Waals surface area contributed by atoms with E-state index >= 15 is 0 Å². The van der Waals surface area contributed by atoms with E-state index in [4.69, 9.17) is 5.11 Å². The molecule has 1 aromatic rings. The van der Waals surface area contributed by atoms with Crippen LogP contribution in [-0.2, 0) is 14.8 Å². The second-order valence-electron chi connectivity index (χ2n) is 3.26. The standard InChI is InChI=1S/C9H9F2NO4S/c1-12(5-9(13)14)17(15,16)8-3-6(10)2-7(11)4-8/h2-4H,5H2,1H3,(H,13,14). The zero-order valence-corrected chi connectivity index (χ0v) is 9.54. The molecule has 17 heavy (non-hydrogen) atoms. The zero-order chi connectivity index (χ0) is 13.2. The number of hydrogen-bond acceptors (Lipinski definition) is 3.